The molecule has 1 rings (SSSR count). The van der Waals surface area contributed by atoms with Gasteiger partial charge < -0.3 is 64.4 Å². The van der Waals surface area contributed by atoms with Gasteiger partial charge in [-0.15, -0.1) is 0 Å². The van der Waals surface area contributed by atoms with Crippen molar-refractivity contribution in [3.63, 3.8) is 0 Å². The molecule has 0 unspecified atom stereocenters. The Kier molecular flexibility index (Phi) is 36.4. The topological polar surface area (TPSA) is 320 Å². The van der Waals surface area contributed by atoms with E-state index in [9.17, 15) is 37.2 Å². The molecule has 103 heavy (non-hydrogen) atoms. The van der Waals surface area contributed by atoms with Crippen LogP contribution in [0.25, 0.3) is 0 Å². The molecule has 11 amide bonds. The molecule has 1 saturated heterocycles. The third kappa shape index (κ3) is 27.3. The molecule has 1 aliphatic heterocycles. The normalized spacial score (nSPS) is 25.4. The van der Waals surface area contributed by atoms with Crippen LogP contribution >= 0.6 is 0 Å². The fourth-order valence-corrected chi connectivity index (χ4v) is 15.3. The molecule has 596 valence electrons. The highest BCUT2D eigenvalue weighted by molar-refractivity contribution is 7.86. The Morgan fingerprint density at radius 2 is 0.816 bits per heavy atom. The lowest BCUT2D eigenvalue weighted by atomic mass is 9.91. The third-order valence-corrected chi connectivity index (χ3v) is 30.3. The summed E-state index contributed by atoms with van der Waals surface area (Å²) in [5.74, 6) is -10.6. The van der Waals surface area contributed by atoms with Gasteiger partial charge >= 0.3 is 0 Å². The maximum absolute atomic E-state index is 16.3. The van der Waals surface area contributed by atoms with Gasteiger partial charge in [-0.2, -0.15) is 8.42 Å². The van der Waals surface area contributed by atoms with Gasteiger partial charge in [0, 0.05) is 49.3 Å². The van der Waals surface area contributed by atoms with Crippen LogP contribution in [0.5, 0.6) is 0 Å². The van der Waals surface area contributed by atoms with Crippen LogP contribution in [0.4, 0.5) is 0 Å². The maximum atomic E-state index is 16.3. The second-order valence-electron chi connectivity index (χ2n) is 34.6. The van der Waals surface area contributed by atoms with Crippen LogP contribution in [0.3, 0.4) is 0 Å². The number of carbonyl (C=O) groups is 11. The molecule has 0 aromatic heterocycles. The monoisotopic (exact) mass is 1510 g/mol. The lowest BCUT2D eigenvalue weighted by molar-refractivity contribution is -0.157. The van der Waals surface area contributed by atoms with Gasteiger partial charge in [0.2, 0.25) is 65.0 Å². The lowest BCUT2D eigenvalue weighted by Crippen LogP contribution is -2.66. The van der Waals surface area contributed by atoms with Crippen molar-refractivity contribution >= 4 is 91.7 Å². The first-order valence-corrected chi connectivity index (χ1v) is 44.5. The zero-order chi connectivity index (χ0) is 80.8. The molecule has 0 saturated carbocycles. The molecule has 0 radical (unpaired) electrons. The first-order chi connectivity index (χ1) is 46.6. The van der Waals surface area contributed by atoms with Crippen molar-refractivity contribution < 1.29 is 74.2 Å². The van der Waals surface area contributed by atoms with Crippen LogP contribution < -0.4 is 21.3 Å². The van der Waals surface area contributed by atoms with Crippen LogP contribution in [0.1, 0.15) is 184 Å². The van der Waals surface area contributed by atoms with E-state index in [0.29, 0.717) is 0 Å². The molecule has 0 bridgehead atoms. The average Bonchev–Trinajstić information content (AvgIpc) is 0.782. The minimum absolute atomic E-state index is 0.0169. The van der Waals surface area contributed by atoms with E-state index in [1.807, 2.05) is 123 Å². The Labute approximate surface area is 621 Å². The fraction of sp³-hybridized carbons (Fsp3) is 0.849. The van der Waals surface area contributed by atoms with Gasteiger partial charge in [-0.1, -0.05) is 132 Å². The van der Waals surface area contributed by atoms with E-state index in [-0.39, 0.29) is 62.4 Å². The van der Waals surface area contributed by atoms with Crippen LogP contribution in [0.2, 0.25) is 36.3 Å². The summed E-state index contributed by atoms with van der Waals surface area (Å²) >= 11 is 0. The largest absolute Gasteiger partial charge is 0.412 e. The number of nitrogens with zero attached hydrogens (tertiary/aromatic N) is 7. The Bertz CT molecular complexity index is 3030. The quantitative estimate of drug-likeness (QED) is 0.0686. The van der Waals surface area contributed by atoms with Gasteiger partial charge in [-0.3, -0.25) is 56.9 Å². The van der Waals surface area contributed by atoms with Gasteiger partial charge in [0.25, 0.3) is 10.1 Å². The van der Waals surface area contributed by atoms with Crippen molar-refractivity contribution in [2.24, 2.45) is 41.4 Å². The summed E-state index contributed by atoms with van der Waals surface area (Å²) in [6, 6.07) is -13.2. The molecule has 1 heterocycles. The molecular formula is C73H139N11O16SSi2. The third-order valence-electron chi connectivity index (χ3n) is 20.7. The van der Waals surface area contributed by atoms with E-state index in [4.69, 9.17) is 13.0 Å². The van der Waals surface area contributed by atoms with Crippen LogP contribution in [0, 0.1) is 41.4 Å². The predicted molar refractivity (Wildman–Crippen MR) is 408 cm³/mol. The molecule has 4 N–H and O–H groups in total. The van der Waals surface area contributed by atoms with Gasteiger partial charge in [0.1, 0.15) is 60.4 Å². The number of rotatable bonds is 21. The summed E-state index contributed by atoms with van der Waals surface area (Å²) in [7, 11) is 0.0775. The molecule has 0 spiro atoms. The van der Waals surface area contributed by atoms with Crippen molar-refractivity contribution in [2.75, 3.05) is 68.7 Å². The van der Waals surface area contributed by atoms with E-state index in [2.05, 4.69) is 21.3 Å². The molecule has 13 atom stereocenters. The van der Waals surface area contributed by atoms with E-state index < -0.39 is 199 Å². The number of hydrogen-bond donors (Lipinski definition) is 4. The number of likely N-dealkylation sites (N-methyl/N-ethyl adjacent to an activating group) is 7. The van der Waals surface area contributed by atoms with E-state index in [0.717, 1.165) is 11.2 Å². The van der Waals surface area contributed by atoms with Crippen molar-refractivity contribution in [3.05, 3.63) is 0 Å². The summed E-state index contributed by atoms with van der Waals surface area (Å²) in [6.07, 6.45) is -1.04. The Morgan fingerprint density at radius 1 is 0.437 bits per heavy atom. The Morgan fingerprint density at radius 3 is 1.24 bits per heavy atom. The highest BCUT2D eigenvalue weighted by atomic mass is 32.2. The summed E-state index contributed by atoms with van der Waals surface area (Å²) in [5, 5.41) is 10.3. The number of amides is 11. The van der Waals surface area contributed by atoms with Crippen molar-refractivity contribution in [1.29, 1.82) is 0 Å². The second-order valence-corrected chi connectivity index (χ2v) is 45.7. The molecule has 0 aromatic carbocycles. The standard InChI is InChI=1S/C73H139N11O16SSi2/c1-42(2)37-52-64(88)76-57(46(9)10)70(94)80(25)53(38-43(3)4)63(87)74-49(14)62(86)75-50(15)66(90)81(26)54(39-44(5)6)67(91)82(27)55(40-45(7)8)68(92)83(28)59(47(11)12)71(95)84(29)60(61(100-103(33,34)73(20,21)22)48(13)35-36-98-101(30,96)97)65(89)77-58(51(16)99-102(31,32)72(17,18)19)69(93)78(23)41-56(85)79(52)24/h42-55,57-61H,35-41H2,1-34H3,(H,74,87)(H,75,86)(H,76,88)(H,77,89)/t48-,49+,50-,51-,52+,53+,54+,55+,57+,58+,59+,60+,61-/m1/s1. The SMILES string of the molecule is CC(C)C[C@H]1C(=O)N[C@@H](C(C)C)C(=O)N(C)[C@@H](CC(C)C)C(=O)N[C@@H](C)C(=O)N[C@H](C)C(=O)N(C)[C@@H](CC(C)C)C(=O)N(C)[C@@H](CC(C)C)C(=O)N(C)[C@@H](C(C)C)C(=O)N(C)[C@@H]([C@H](O[Si](C)(C)C(C)(C)C)[C@H](C)CCOS(C)(=O)=O)C(=O)N[C@@H]([C@@H](C)O[Si](C)(C)C(C)(C)C)C(=O)N(C)CC(=O)N1C. The lowest BCUT2D eigenvalue weighted by Gasteiger charge is -2.46. The Balaban J connectivity index is 4.90. The summed E-state index contributed by atoms with van der Waals surface area (Å²) in [6.45, 7) is 46.9. The van der Waals surface area contributed by atoms with E-state index in [1.165, 1.54) is 92.6 Å². The zero-order valence-electron chi connectivity index (χ0n) is 69.5. The molecule has 1 fully saturated rings. The molecular weight excluding hydrogens is 1380 g/mol. The second kappa shape index (κ2) is 39.3. The van der Waals surface area contributed by atoms with Crippen molar-refractivity contribution in [2.45, 2.75) is 293 Å². The van der Waals surface area contributed by atoms with E-state index in [1.54, 1.807) is 41.5 Å². The fourth-order valence-electron chi connectivity index (χ4n) is 12.1. The highest BCUT2D eigenvalue weighted by Gasteiger charge is 2.51. The zero-order valence-corrected chi connectivity index (χ0v) is 72.3. The van der Waals surface area contributed by atoms with Crippen LogP contribution in [0.15, 0.2) is 0 Å². The van der Waals surface area contributed by atoms with Crippen LogP contribution in [-0.2, 0) is 75.9 Å². The average molecular weight is 1520 g/mol. The molecule has 0 aromatic rings. The molecule has 30 heteroatoms. The highest BCUT2D eigenvalue weighted by Crippen LogP contribution is 2.41. The number of nitrogens with one attached hydrogen (secondary N) is 4. The summed E-state index contributed by atoms with van der Waals surface area (Å²) in [4.78, 5) is 175. The van der Waals surface area contributed by atoms with Gasteiger partial charge in [-0.25, -0.2) is 0 Å². The van der Waals surface area contributed by atoms with Gasteiger partial charge in [0.05, 0.1) is 31.6 Å². The van der Waals surface area contributed by atoms with Gasteiger partial charge in [0.15, 0.2) is 16.6 Å². The maximum Gasteiger partial charge on any atom is 0.264 e. The molecule has 27 nitrogen and oxygen atoms in total. The molecule has 1 aliphatic rings. The first-order valence-electron chi connectivity index (χ1n) is 36.9. The van der Waals surface area contributed by atoms with Crippen molar-refractivity contribution in [3.8, 4) is 0 Å². The summed E-state index contributed by atoms with van der Waals surface area (Å²) < 4.78 is 44.5. The minimum atomic E-state index is -3.98. The smallest absolute Gasteiger partial charge is 0.264 e. The number of hydrogen-bond acceptors (Lipinski definition) is 16. The van der Waals surface area contributed by atoms with Crippen LogP contribution in [-0.4, -0.2) is 266 Å². The predicted octanol–water partition coefficient (Wildman–Crippen LogP) is 6.70. The van der Waals surface area contributed by atoms with Gasteiger partial charge in [-0.05, 0) is 131 Å². The minimum Gasteiger partial charge on any atom is -0.412 e. The Hall–Kier alpha value is -5.57. The van der Waals surface area contributed by atoms with E-state index >= 15 is 24.0 Å². The number of carbonyl (C=O) groups excluding carboxylic acids is 11. The van der Waals surface area contributed by atoms with Crippen molar-refractivity contribution in [1.82, 2.24) is 55.6 Å². The molecule has 0 aliphatic carbocycles. The summed E-state index contributed by atoms with van der Waals surface area (Å²) in [5.41, 5.74) is 0. The first kappa shape index (κ1) is 95.4.